The molecular formula is C24H35N3O4. The molecule has 7 heteroatoms. The quantitative estimate of drug-likeness (QED) is 0.767. The van der Waals surface area contributed by atoms with Crippen LogP contribution in [0.4, 0.5) is 16.2 Å². The Morgan fingerprint density at radius 2 is 1.87 bits per heavy atom. The molecule has 31 heavy (non-hydrogen) atoms. The van der Waals surface area contributed by atoms with Crippen molar-refractivity contribution in [1.29, 1.82) is 0 Å². The minimum Gasteiger partial charge on any atom is -0.465 e. The third-order valence-corrected chi connectivity index (χ3v) is 7.79. The standard InChI is InChI=1S/C24H35N3O4/c1-17-15-19(25(3)22(29)30)5-6-20(17)26-13-4-9-24(16-26)12-14-27(21(24)28)18-7-10-23(2,31)11-8-18/h5-6,15,18,31H,4,7-14,16H2,1-3H3,(H,29,30)/t18?,23?,24-/m0/s1. The van der Waals surface area contributed by atoms with E-state index in [1.165, 1.54) is 4.90 Å². The summed E-state index contributed by atoms with van der Waals surface area (Å²) in [6.07, 6.45) is 5.12. The molecule has 1 atom stereocenters. The third-order valence-electron chi connectivity index (χ3n) is 7.79. The van der Waals surface area contributed by atoms with Crippen molar-refractivity contribution in [3.05, 3.63) is 23.8 Å². The van der Waals surface area contributed by atoms with Crippen LogP contribution in [0.1, 0.15) is 57.4 Å². The molecule has 1 aromatic carbocycles. The molecule has 2 amide bonds. The second-order valence-corrected chi connectivity index (χ2v) is 10.1. The predicted molar refractivity (Wildman–Crippen MR) is 121 cm³/mol. The van der Waals surface area contributed by atoms with Gasteiger partial charge in [-0.2, -0.15) is 0 Å². The molecule has 0 aromatic heterocycles. The average molecular weight is 430 g/mol. The maximum absolute atomic E-state index is 13.6. The van der Waals surface area contributed by atoms with Crippen LogP contribution in [-0.2, 0) is 4.79 Å². The highest BCUT2D eigenvalue weighted by Crippen LogP contribution is 2.44. The Balaban J connectivity index is 1.49. The largest absolute Gasteiger partial charge is 0.465 e. The van der Waals surface area contributed by atoms with Crippen LogP contribution in [0.2, 0.25) is 0 Å². The number of carbonyl (C=O) groups is 2. The number of aryl methyl sites for hydroxylation is 1. The van der Waals surface area contributed by atoms with Crippen molar-refractivity contribution in [3.63, 3.8) is 0 Å². The number of piperidine rings is 1. The molecule has 3 aliphatic rings. The van der Waals surface area contributed by atoms with Crippen molar-refractivity contribution in [3.8, 4) is 0 Å². The Bertz CT molecular complexity index is 860. The van der Waals surface area contributed by atoms with Gasteiger partial charge in [-0.3, -0.25) is 9.69 Å². The van der Waals surface area contributed by atoms with Gasteiger partial charge in [0.2, 0.25) is 5.91 Å². The number of amides is 2. The fraction of sp³-hybridized carbons (Fsp3) is 0.667. The summed E-state index contributed by atoms with van der Waals surface area (Å²) >= 11 is 0. The molecule has 1 saturated carbocycles. The number of aliphatic hydroxyl groups is 1. The Kier molecular flexibility index (Phi) is 5.66. The monoisotopic (exact) mass is 429 g/mol. The molecule has 2 heterocycles. The van der Waals surface area contributed by atoms with Crippen LogP contribution in [0, 0.1) is 12.3 Å². The summed E-state index contributed by atoms with van der Waals surface area (Å²) < 4.78 is 0. The van der Waals surface area contributed by atoms with E-state index in [2.05, 4.69) is 9.80 Å². The van der Waals surface area contributed by atoms with Gasteiger partial charge in [0, 0.05) is 44.1 Å². The summed E-state index contributed by atoms with van der Waals surface area (Å²) in [4.78, 5) is 30.5. The normalized spacial score (nSPS) is 31.4. The third kappa shape index (κ3) is 4.12. The highest BCUT2D eigenvalue weighted by molar-refractivity contribution is 5.87. The summed E-state index contributed by atoms with van der Waals surface area (Å²) in [5.41, 5.74) is 1.86. The fourth-order valence-electron chi connectivity index (χ4n) is 5.76. The fourth-order valence-corrected chi connectivity index (χ4v) is 5.76. The highest BCUT2D eigenvalue weighted by Gasteiger charge is 2.51. The number of benzene rings is 1. The van der Waals surface area contributed by atoms with Crippen molar-refractivity contribution in [2.75, 3.05) is 36.5 Å². The van der Waals surface area contributed by atoms with Gasteiger partial charge < -0.3 is 20.0 Å². The zero-order valence-corrected chi connectivity index (χ0v) is 18.9. The first-order valence-corrected chi connectivity index (χ1v) is 11.5. The van der Waals surface area contributed by atoms with E-state index in [1.54, 1.807) is 7.05 Å². The van der Waals surface area contributed by atoms with Crippen LogP contribution in [0.3, 0.4) is 0 Å². The van der Waals surface area contributed by atoms with Crippen molar-refractivity contribution in [2.24, 2.45) is 5.41 Å². The number of rotatable bonds is 3. The van der Waals surface area contributed by atoms with E-state index in [1.807, 2.05) is 32.0 Å². The minimum atomic E-state index is -0.982. The van der Waals surface area contributed by atoms with E-state index < -0.39 is 11.7 Å². The van der Waals surface area contributed by atoms with Crippen LogP contribution in [0.25, 0.3) is 0 Å². The highest BCUT2D eigenvalue weighted by atomic mass is 16.4. The van der Waals surface area contributed by atoms with Gasteiger partial charge >= 0.3 is 6.09 Å². The minimum absolute atomic E-state index is 0.259. The van der Waals surface area contributed by atoms with Gasteiger partial charge in [-0.05, 0) is 82.6 Å². The first-order chi connectivity index (χ1) is 14.6. The van der Waals surface area contributed by atoms with E-state index in [0.29, 0.717) is 11.6 Å². The van der Waals surface area contributed by atoms with Crippen LogP contribution in [-0.4, -0.2) is 65.4 Å². The topological polar surface area (TPSA) is 84.3 Å². The summed E-state index contributed by atoms with van der Waals surface area (Å²) in [6.45, 7) is 6.36. The van der Waals surface area contributed by atoms with Gasteiger partial charge in [0.25, 0.3) is 0 Å². The van der Waals surface area contributed by atoms with Gasteiger partial charge in [0.05, 0.1) is 11.0 Å². The molecule has 2 saturated heterocycles. The molecule has 7 nitrogen and oxygen atoms in total. The van der Waals surface area contributed by atoms with E-state index in [-0.39, 0.29) is 11.5 Å². The van der Waals surface area contributed by atoms with Crippen LogP contribution in [0.15, 0.2) is 18.2 Å². The molecule has 1 aliphatic carbocycles. The second kappa shape index (κ2) is 8.01. The van der Waals surface area contributed by atoms with Gasteiger partial charge in [-0.15, -0.1) is 0 Å². The maximum atomic E-state index is 13.6. The lowest BCUT2D eigenvalue weighted by Gasteiger charge is -2.42. The van der Waals surface area contributed by atoms with Gasteiger partial charge in [-0.25, -0.2) is 4.79 Å². The molecule has 170 valence electrons. The summed E-state index contributed by atoms with van der Waals surface area (Å²) in [5.74, 6) is 0.295. The summed E-state index contributed by atoms with van der Waals surface area (Å²) in [6, 6.07) is 5.99. The molecule has 1 aromatic rings. The average Bonchev–Trinajstić information content (AvgIpc) is 3.03. The van der Waals surface area contributed by atoms with Crippen LogP contribution >= 0.6 is 0 Å². The zero-order valence-electron chi connectivity index (χ0n) is 18.9. The van der Waals surface area contributed by atoms with Crippen molar-refractivity contribution in [2.45, 2.75) is 70.4 Å². The molecule has 3 fully saturated rings. The molecule has 0 bridgehead atoms. The number of carboxylic acid groups (broad SMARTS) is 1. The zero-order chi connectivity index (χ0) is 22.4. The SMILES string of the molecule is Cc1cc(N(C)C(=O)O)ccc1N1CCC[C@]2(CCN(C3CCC(C)(O)CC3)C2=O)C1. The first kappa shape index (κ1) is 21.9. The maximum Gasteiger partial charge on any atom is 0.411 e. The summed E-state index contributed by atoms with van der Waals surface area (Å²) in [7, 11) is 1.54. The number of nitrogens with zero attached hydrogens (tertiary/aromatic N) is 3. The predicted octanol–water partition coefficient (Wildman–Crippen LogP) is 3.62. The van der Waals surface area contributed by atoms with Crippen LogP contribution in [0.5, 0.6) is 0 Å². The Morgan fingerprint density at radius 1 is 1.16 bits per heavy atom. The van der Waals surface area contributed by atoms with Crippen LogP contribution < -0.4 is 9.80 Å². The Morgan fingerprint density at radius 3 is 2.52 bits per heavy atom. The molecule has 2 aliphatic heterocycles. The molecule has 2 N–H and O–H groups in total. The Hall–Kier alpha value is -2.28. The molecular weight excluding hydrogens is 394 g/mol. The smallest absolute Gasteiger partial charge is 0.411 e. The lowest BCUT2D eigenvalue weighted by Crippen LogP contribution is -2.50. The molecule has 0 radical (unpaired) electrons. The Labute approximate surface area is 184 Å². The number of hydrogen-bond donors (Lipinski definition) is 2. The number of likely N-dealkylation sites (tertiary alicyclic amines) is 1. The molecule has 4 rings (SSSR count). The lowest BCUT2D eigenvalue weighted by atomic mass is 9.78. The van der Waals surface area contributed by atoms with Crippen molar-refractivity contribution >= 4 is 23.4 Å². The number of carbonyl (C=O) groups excluding carboxylic acids is 1. The number of anilines is 2. The van der Waals surface area contributed by atoms with Crippen molar-refractivity contribution < 1.29 is 19.8 Å². The van der Waals surface area contributed by atoms with E-state index in [4.69, 9.17) is 0 Å². The lowest BCUT2D eigenvalue weighted by molar-refractivity contribution is -0.140. The van der Waals surface area contributed by atoms with Gasteiger partial charge in [0.15, 0.2) is 0 Å². The second-order valence-electron chi connectivity index (χ2n) is 10.1. The number of hydrogen-bond acceptors (Lipinski definition) is 4. The summed E-state index contributed by atoms with van der Waals surface area (Å²) in [5, 5.41) is 19.5. The van der Waals surface area contributed by atoms with Crippen molar-refractivity contribution in [1.82, 2.24) is 4.90 Å². The van der Waals surface area contributed by atoms with Gasteiger partial charge in [-0.1, -0.05) is 0 Å². The molecule has 1 spiro atoms. The molecule has 0 unspecified atom stereocenters. The van der Waals surface area contributed by atoms with Gasteiger partial charge in [0.1, 0.15) is 0 Å². The van der Waals surface area contributed by atoms with E-state index >= 15 is 0 Å². The van der Waals surface area contributed by atoms with E-state index in [9.17, 15) is 19.8 Å². The van der Waals surface area contributed by atoms with E-state index in [0.717, 1.165) is 75.8 Å². The first-order valence-electron chi connectivity index (χ1n) is 11.5.